The maximum atomic E-state index is 6.52. The molecule has 276 valence electrons. The second kappa shape index (κ2) is 13.4. The van der Waals surface area contributed by atoms with Gasteiger partial charge < -0.3 is 13.9 Å². The van der Waals surface area contributed by atoms with Crippen LogP contribution in [0.5, 0.6) is 0 Å². The third-order valence-electron chi connectivity index (χ3n) is 12.0. The molecule has 0 aliphatic heterocycles. The van der Waals surface area contributed by atoms with E-state index in [9.17, 15) is 0 Å². The summed E-state index contributed by atoms with van der Waals surface area (Å²) >= 11 is 0. The molecule has 0 saturated carbocycles. The fraction of sp³-hybridized carbons (Fsp3) is 0. The van der Waals surface area contributed by atoms with Crippen LogP contribution in [0.3, 0.4) is 0 Å². The lowest BCUT2D eigenvalue weighted by molar-refractivity contribution is 0.672. The minimum absolute atomic E-state index is 0.896. The molecule has 0 amide bonds. The first-order chi connectivity index (χ1) is 29.3. The molecule has 0 aliphatic carbocycles. The van der Waals surface area contributed by atoms with E-state index in [-0.39, 0.29) is 0 Å². The number of fused-ring (bicyclic) bond motifs is 9. The summed E-state index contributed by atoms with van der Waals surface area (Å²) in [7, 11) is 0. The van der Waals surface area contributed by atoms with Crippen molar-refractivity contribution in [2.75, 3.05) is 4.90 Å². The molecule has 0 N–H and O–H groups in total. The van der Waals surface area contributed by atoms with Crippen LogP contribution in [0.15, 0.2) is 223 Å². The summed E-state index contributed by atoms with van der Waals surface area (Å²) in [5.41, 5.74) is 13.5. The maximum absolute atomic E-state index is 6.52. The van der Waals surface area contributed by atoms with Crippen molar-refractivity contribution in [3.8, 4) is 27.9 Å². The van der Waals surface area contributed by atoms with Crippen LogP contribution < -0.4 is 4.90 Å². The Hall–Kier alpha value is -7.88. The summed E-state index contributed by atoms with van der Waals surface area (Å²) in [5.74, 6) is 0. The summed E-state index contributed by atoms with van der Waals surface area (Å²) in [5, 5.41) is 9.36. The zero-order valence-electron chi connectivity index (χ0n) is 32.1. The first-order valence-electron chi connectivity index (χ1n) is 20.2. The van der Waals surface area contributed by atoms with Gasteiger partial charge in [-0.25, -0.2) is 0 Å². The average Bonchev–Trinajstić information content (AvgIpc) is 3.85. The molecule has 10 aromatic carbocycles. The highest BCUT2D eigenvalue weighted by Crippen LogP contribution is 2.46. The summed E-state index contributed by atoms with van der Waals surface area (Å²) in [4.78, 5) is 2.42. The molecular weight excluding hydrogens is 717 g/mol. The molecule has 0 unspecified atom stereocenters. The number of nitrogens with zero attached hydrogens (tertiary/aromatic N) is 2. The van der Waals surface area contributed by atoms with E-state index in [2.05, 4.69) is 222 Å². The minimum atomic E-state index is 0.896. The minimum Gasteiger partial charge on any atom is -0.455 e. The Bertz CT molecular complexity index is 3540. The number of hydrogen-bond donors (Lipinski definition) is 0. The van der Waals surface area contributed by atoms with Gasteiger partial charge in [0.25, 0.3) is 0 Å². The second-order valence-electron chi connectivity index (χ2n) is 15.3. The molecule has 2 aromatic heterocycles. The predicted molar refractivity (Wildman–Crippen MR) is 249 cm³/mol. The van der Waals surface area contributed by atoms with Crippen LogP contribution in [0, 0.1) is 0 Å². The Kier molecular flexibility index (Phi) is 7.54. The molecule has 0 aliphatic rings. The van der Waals surface area contributed by atoms with Gasteiger partial charge >= 0.3 is 0 Å². The third kappa shape index (κ3) is 5.36. The van der Waals surface area contributed by atoms with Crippen molar-refractivity contribution < 1.29 is 4.42 Å². The lowest BCUT2D eigenvalue weighted by Gasteiger charge is -2.28. The molecule has 12 rings (SSSR count). The second-order valence-corrected chi connectivity index (χ2v) is 15.3. The Balaban J connectivity index is 0.951. The van der Waals surface area contributed by atoms with E-state index < -0.39 is 0 Å². The zero-order chi connectivity index (χ0) is 38.9. The molecule has 0 atom stereocenters. The molecule has 12 aromatic rings. The highest BCUT2D eigenvalue weighted by Gasteiger charge is 2.22. The average molecular weight is 753 g/mol. The molecule has 0 saturated heterocycles. The van der Waals surface area contributed by atoms with Gasteiger partial charge in [0.05, 0.1) is 22.4 Å². The fourth-order valence-corrected chi connectivity index (χ4v) is 9.19. The largest absolute Gasteiger partial charge is 0.455 e. The SMILES string of the molecule is c1ccc(-n2c3ccccc3c3cc(-c4ccc(-c5ccc(N(c6cccc7ccccc67)c6cc7c8ccccc8oc7c7ccccc67)cc5)cc4)ccc32)cc1. The van der Waals surface area contributed by atoms with Crippen LogP contribution in [0.2, 0.25) is 0 Å². The van der Waals surface area contributed by atoms with E-state index >= 15 is 0 Å². The molecular formula is C56H36N2O. The van der Waals surface area contributed by atoms with Gasteiger partial charge in [0, 0.05) is 49.1 Å². The van der Waals surface area contributed by atoms with E-state index in [1.54, 1.807) is 0 Å². The Labute approximate surface area is 341 Å². The zero-order valence-corrected chi connectivity index (χ0v) is 32.1. The van der Waals surface area contributed by atoms with Gasteiger partial charge in [-0.1, -0.05) is 158 Å². The Morgan fingerprint density at radius 3 is 1.71 bits per heavy atom. The molecule has 0 radical (unpaired) electrons. The summed E-state index contributed by atoms with van der Waals surface area (Å²) in [6, 6.07) is 78.7. The monoisotopic (exact) mass is 752 g/mol. The van der Waals surface area contributed by atoms with Gasteiger partial charge in [0.1, 0.15) is 11.2 Å². The molecule has 3 heteroatoms. The maximum Gasteiger partial charge on any atom is 0.143 e. The van der Waals surface area contributed by atoms with Crippen LogP contribution in [0.1, 0.15) is 0 Å². The summed E-state index contributed by atoms with van der Waals surface area (Å²) in [6.45, 7) is 0. The quantitative estimate of drug-likeness (QED) is 0.169. The molecule has 0 fully saturated rings. The highest BCUT2D eigenvalue weighted by molar-refractivity contribution is 6.20. The molecule has 2 heterocycles. The smallest absolute Gasteiger partial charge is 0.143 e. The first kappa shape index (κ1) is 33.3. The van der Waals surface area contributed by atoms with Gasteiger partial charge in [0.2, 0.25) is 0 Å². The van der Waals surface area contributed by atoms with Gasteiger partial charge in [-0.3, -0.25) is 0 Å². The number of para-hydroxylation sites is 3. The number of rotatable bonds is 6. The van der Waals surface area contributed by atoms with Crippen LogP contribution in [-0.4, -0.2) is 4.57 Å². The molecule has 3 nitrogen and oxygen atoms in total. The van der Waals surface area contributed by atoms with E-state index in [1.165, 1.54) is 60.5 Å². The Morgan fingerprint density at radius 1 is 0.339 bits per heavy atom. The highest BCUT2D eigenvalue weighted by atomic mass is 16.3. The van der Waals surface area contributed by atoms with Crippen molar-refractivity contribution in [2.45, 2.75) is 0 Å². The van der Waals surface area contributed by atoms with Crippen LogP contribution in [0.4, 0.5) is 17.1 Å². The van der Waals surface area contributed by atoms with Crippen LogP contribution in [0.25, 0.3) is 93.2 Å². The van der Waals surface area contributed by atoms with Crippen LogP contribution >= 0.6 is 0 Å². The van der Waals surface area contributed by atoms with Gasteiger partial charge in [-0.2, -0.15) is 0 Å². The normalized spacial score (nSPS) is 11.7. The van der Waals surface area contributed by atoms with E-state index in [0.29, 0.717) is 0 Å². The van der Waals surface area contributed by atoms with Crippen molar-refractivity contribution >= 4 is 82.4 Å². The van der Waals surface area contributed by atoms with Crippen molar-refractivity contribution in [1.82, 2.24) is 4.57 Å². The molecule has 0 bridgehead atoms. The number of anilines is 3. The standard InChI is InChI=1S/C56H36N2O/c1-2-15-42(16-3-1)57-52-22-10-8-19-46(52)49-35-41(31-34-53(49)57)39-27-25-37(26-28-39)38-29-32-43(33-30-38)58(51-23-12-14-40-13-4-5-17-44(40)51)54-36-50-47-20-9-11-24-55(47)59-56(50)48-21-7-6-18-45(48)54/h1-36H. The lowest BCUT2D eigenvalue weighted by atomic mass is 9.98. The van der Waals surface area contributed by atoms with Crippen molar-refractivity contribution in [3.63, 3.8) is 0 Å². The number of benzene rings is 10. The Morgan fingerprint density at radius 2 is 0.915 bits per heavy atom. The van der Waals surface area contributed by atoms with Crippen molar-refractivity contribution in [3.05, 3.63) is 218 Å². The lowest BCUT2D eigenvalue weighted by Crippen LogP contribution is -2.11. The van der Waals surface area contributed by atoms with E-state index in [1.807, 2.05) is 6.07 Å². The number of aromatic nitrogens is 1. The van der Waals surface area contributed by atoms with Gasteiger partial charge in [-0.15, -0.1) is 0 Å². The summed E-state index contributed by atoms with van der Waals surface area (Å²) in [6.07, 6.45) is 0. The third-order valence-corrected chi connectivity index (χ3v) is 12.0. The predicted octanol–water partition coefficient (Wildman–Crippen LogP) is 15.8. The van der Waals surface area contributed by atoms with Crippen LogP contribution in [-0.2, 0) is 0 Å². The fourth-order valence-electron chi connectivity index (χ4n) is 9.19. The van der Waals surface area contributed by atoms with Crippen molar-refractivity contribution in [1.29, 1.82) is 0 Å². The number of furan rings is 1. The number of hydrogen-bond acceptors (Lipinski definition) is 2. The van der Waals surface area contributed by atoms with E-state index in [4.69, 9.17) is 4.42 Å². The van der Waals surface area contributed by atoms with E-state index in [0.717, 1.165) is 49.8 Å². The summed E-state index contributed by atoms with van der Waals surface area (Å²) < 4.78 is 8.88. The van der Waals surface area contributed by atoms with Crippen molar-refractivity contribution in [2.24, 2.45) is 0 Å². The molecule has 0 spiro atoms. The van der Waals surface area contributed by atoms with Gasteiger partial charge in [-0.05, 0) is 88.3 Å². The van der Waals surface area contributed by atoms with Gasteiger partial charge in [0.15, 0.2) is 0 Å². The first-order valence-corrected chi connectivity index (χ1v) is 20.2. The topological polar surface area (TPSA) is 21.3 Å². The molecule has 59 heavy (non-hydrogen) atoms.